The molecule has 7 heteroatoms. The largest absolute Gasteiger partial charge is 0.389 e. The SMILES string of the molecule is CCCC[C@H](NC(=O)[C@H](Cc1ccc2ccccc2c1)NC(=O)c1cccc(CN)c1)C(=O)CO. The molecule has 5 N–H and O–H groups in total. The summed E-state index contributed by atoms with van der Waals surface area (Å²) in [7, 11) is 0. The van der Waals surface area contributed by atoms with Crippen LogP contribution in [-0.4, -0.2) is 41.4 Å². The average Bonchev–Trinajstić information content (AvgIpc) is 2.89. The predicted molar refractivity (Wildman–Crippen MR) is 137 cm³/mol. The van der Waals surface area contributed by atoms with E-state index in [4.69, 9.17) is 5.73 Å². The number of nitrogens with two attached hydrogens (primary N) is 1. The average molecular weight is 476 g/mol. The Hall–Kier alpha value is -3.55. The Bertz CT molecular complexity index is 1180. The van der Waals surface area contributed by atoms with Gasteiger partial charge in [0.05, 0.1) is 6.04 Å². The van der Waals surface area contributed by atoms with E-state index in [0.717, 1.165) is 34.7 Å². The third-order valence-corrected chi connectivity index (χ3v) is 6.01. The van der Waals surface area contributed by atoms with E-state index in [1.807, 2.05) is 55.5 Å². The fourth-order valence-corrected chi connectivity index (χ4v) is 4.00. The van der Waals surface area contributed by atoms with Gasteiger partial charge in [-0.3, -0.25) is 14.4 Å². The fourth-order valence-electron chi connectivity index (χ4n) is 4.00. The van der Waals surface area contributed by atoms with Crippen molar-refractivity contribution in [2.45, 2.75) is 51.2 Å². The summed E-state index contributed by atoms with van der Waals surface area (Å²) in [5, 5.41) is 17.1. The van der Waals surface area contributed by atoms with Gasteiger partial charge in [0.2, 0.25) is 5.91 Å². The van der Waals surface area contributed by atoms with E-state index in [-0.39, 0.29) is 6.42 Å². The number of carbonyl (C=O) groups excluding carboxylic acids is 3. The summed E-state index contributed by atoms with van der Waals surface area (Å²) in [6.45, 7) is 1.63. The van der Waals surface area contributed by atoms with E-state index >= 15 is 0 Å². The predicted octanol–water partition coefficient (Wildman–Crippen LogP) is 2.88. The molecule has 7 nitrogen and oxygen atoms in total. The quantitative estimate of drug-likeness (QED) is 0.321. The monoisotopic (exact) mass is 475 g/mol. The zero-order chi connectivity index (χ0) is 25.2. The molecule has 0 aromatic heterocycles. The van der Waals surface area contributed by atoms with Crippen molar-refractivity contribution in [2.24, 2.45) is 5.73 Å². The number of benzene rings is 3. The van der Waals surface area contributed by atoms with E-state index in [0.29, 0.717) is 18.5 Å². The molecule has 0 bridgehead atoms. The maximum Gasteiger partial charge on any atom is 0.251 e. The van der Waals surface area contributed by atoms with E-state index in [1.54, 1.807) is 18.2 Å². The Morgan fingerprint density at radius 1 is 0.886 bits per heavy atom. The van der Waals surface area contributed by atoms with Crippen LogP contribution in [0.5, 0.6) is 0 Å². The molecule has 35 heavy (non-hydrogen) atoms. The lowest BCUT2D eigenvalue weighted by molar-refractivity contribution is -0.130. The number of unbranched alkanes of at least 4 members (excludes halogenated alkanes) is 1. The molecule has 0 aliphatic carbocycles. The lowest BCUT2D eigenvalue weighted by Crippen LogP contribution is -2.52. The summed E-state index contributed by atoms with van der Waals surface area (Å²) in [5.74, 6) is -1.32. The van der Waals surface area contributed by atoms with Gasteiger partial charge < -0.3 is 21.5 Å². The molecule has 0 aliphatic rings. The first-order chi connectivity index (χ1) is 16.9. The molecule has 3 aromatic rings. The summed E-state index contributed by atoms with van der Waals surface area (Å²) in [5.41, 5.74) is 7.79. The molecular weight excluding hydrogens is 442 g/mol. The molecule has 2 atom stereocenters. The van der Waals surface area contributed by atoms with Gasteiger partial charge in [-0.1, -0.05) is 74.4 Å². The maximum atomic E-state index is 13.3. The number of amides is 2. The normalized spacial score (nSPS) is 12.7. The number of hydrogen-bond acceptors (Lipinski definition) is 5. The standard InChI is InChI=1S/C28H33N3O4/c1-2-3-11-24(26(33)18-32)30-28(35)25(31-27(34)23-10-6-7-20(15-23)17-29)16-19-12-13-21-8-4-5-9-22(21)14-19/h4-10,12-15,24-25,32H,2-3,11,16-18,29H2,1H3,(H,30,35)(H,31,34)/t24-,25-/m0/s1. The molecule has 0 unspecified atom stereocenters. The number of fused-ring (bicyclic) bond motifs is 1. The first-order valence-electron chi connectivity index (χ1n) is 12.0. The Labute approximate surface area is 205 Å². The van der Waals surface area contributed by atoms with Gasteiger partial charge >= 0.3 is 0 Å². The third-order valence-electron chi connectivity index (χ3n) is 6.01. The zero-order valence-corrected chi connectivity index (χ0v) is 20.0. The molecule has 0 fully saturated rings. The third kappa shape index (κ3) is 7.21. The van der Waals surface area contributed by atoms with Crippen molar-refractivity contribution in [3.8, 4) is 0 Å². The van der Waals surface area contributed by atoms with Gasteiger partial charge in [0, 0.05) is 18.5 Å². The second-order valence-corrected chi connectivity index (χ2v) is 8.64. The van der Waals surface area contributed by atoms with Crippen molar-refractivity contribution in [1.82, 2.24) is 10.6 Å². The highest BCUT2D eigenvalue weighted by Crippen LogP contribution is 2.17. The van der Waals surface area contributed by atoms with Crippen LogP contribution >= 0.6 is 0 Å². The number of rotatable bonds is 12. The molecule has 0 heterocycles. The zero-order valence-electron chi connectivity index (χ0n) is 20.0. The van der Waals surface area contributed by atoms with E-state index in [1.165, 1.54) is 0 Å². The number of aliphatic hydroxyl groups excluding tert-OH is 1. The van der Waals surface area contributed by atoms with Crippen molar-refractivity contribution < 1.29 is 19.5 Å². The summed E-state index contributed by atoms with van der Waals surface area (Å²) >= 11 is 0. The highest BCUT2D eigenvalue weighted by Gasteiger charge is 2.27. The van der Waals surface area contributed by atoms with Crippen LogP contribution in [0.3, 0.4) is 0 Å². The first kappa shape index (κ1) is 26.1. The number of carbonyl (C=O) groups is 3. The molecule has 0 saturated heterocycles. The first-order valence-corrected chi connectivity index (χ1v) is 12.0. The summed E-state index contributed by atoms with van der Waals surface area (Å²) in [4.78, 5) is 38.6. The Balaban J connectivity index is 1.85. The second-order valence-electron chi connectivity index (χ2n) is 8.64. The van der Waals surface area contributed by atoms with Crippen molar-refractivity contribution in [3.63, 3.8) is 0 Å². The summed E-state index contributed by atoms with van der Waals surface area (Å²) in [6.07, 6.45) is 2.24. The van der Waals surface area contributed by atoms with Crippen LogP contribution in [0.4, 0.5) is 0 Å². The number of hydrogen-bond donors (Lipinski definition) is 4. The number of nitrogens with one attached hydrogen (secondary N) is 2. The van der Waals surface area contributed by atoms with Crippen LogP contribution in [0.25, 0.3) is 10.8 Å². The maximum absolute atomic E-state index is 13.3. The molecule has 0 radical (unpaired) electrons. The molecule has 0 aliphatic heterocycles. The van der Waals surface area contributed by atoms with Gasteiger partial charge in [-0.05, 0) is 40.5 Å². The summed E-state index contributed by atoms with van der Waals surface area (Å²) < 4.78 is 0. The minimum Gasteiger partial charge on any atom is -0.389 e. The molecule has 0 spiro atoms. The van der Waals surface area contributed by atoms with Gasteiger partial charge in [0.25, 0.3) is 5.91 Å². The van der Waals surface area contributed by atoms with Crippen molar-refractivity contribution in [1.29, 1.82) is 0 Å². The molecule has 3 aromatic carbocycles. The number of ketones is 1. The molecule has 2 amide bonds. The second kappa shape index (κ2) is 12.8. The lowest BCUT2D eigenvalue weighted by Gasteiger charge is -2.23. The van der Waals surface area contributed by atoms with Gasteiger partial charge in [-0.2, -0.15) is 0 Å². The number of aliphatic hydroxyl groups is 1. The van der Waals surface area contributed by atoms with E-state index in [9.17, 15) is 19.5 Å². The van der Waals surface area contributed by atoms with Crippen LogP contribution in [0.15, 0.2) is 66.7 Å². The van der Waals surface area contributed by atoms with Gasteiger partial charge in [0.1, 0.15) is 12.6 Å². The van der Waals surface area contributed by atoms with Gasteiger partial charge in [-0.15, -0.1) is 0 Å². The Morgan fingerprint density at radius 2 is 1.66 bits per heavy atom. The highest BCUT2D eigenvalue weighted by molar-refractivity contribution is 5.99. The molecule has 0 saturated carbocycles. The molecule has 3 rings (SSSR count). The summed E-state index contributed by atoms with van der Waals surface area (Å²) in [6, 6.07) is 19.0. The number of Topliss-reactive ketones (excluding diaryl/α,β-unsaturated/α-hetero) is 1. The van der Waals surface area contributed by atoms with Crippen molar-refractivity contribution in [2.75, 3.05) is 6.61 Å². The van der Waals surface area contributed by atoms with Crippen molar-refractivity contribution in [3.05, 3.63) is 83.4 Å². The van der Waals surface area contributed by atoms with Crippen LogP contribution < -0.4 is 16.4 Å². The van der Waals surface area contributed by atoms with Crippen LogP contribution in [0.1, 0.15) is 47.7 Å². The minimum atomic E-state index is -0.916. The van der Waals surface area contributed by atoms with Crippen molar-refractivity contribution >= 4 is 28.4 Å². The van der Waals surface area contributed by atoms with Crippen LogP contribution in [-0.2, 0) is 22.6 Å². The van der Waals surface area contributed by atoms with Gasteiger partial charge in [-0.25, -0.2) is 0 Å². The smallest absolute Gasteiger partial charge is 0.251 e. The van der Waals surface area contributed by atoms with E-state index < -0.39 is 36.3 Å². The van der Waals surface area contributed by atoms with Crippen LogP contribution in [0, 0.1) is 0 Å². The minimum absolute atomic E-state index is 0.243. The topological polar surface area (TPSA) is 122 Å². The highest BCUT2D eigenvalue weighted by atomic mass is 16.3. The van der Waals surface area contributed by atoms with Gasteiger partial charge in [0.15, 0.2) is 5.78 Å². The van der Waals surface area contributed by atoms with E-state index in [2.05, 4.69) is 10.6 Å². The molecule has 184 valence electrons. The van der Waals surface area contributed by atoms with Crippen LogP contribution in [0.2, 0.25) is 0 Å². The molecular formula is C28H33N3O4. The Morgan fingerprint density at radius 3 is 2.37 bits per heavy atom. The Kier molecular flexibility index (Phi) is 9.52. The lowest BCUT2D eigenvalue weighted by atomic mass is 9.99. The fraction of sp³-hybridized carbons (Fsp3) is 0.321.